The molecule has 0 saturated carbocycles. The summed E-state index contributed by atoms with van der Waals surface area (Å²) in [7, 11) is 4.63. The summed E-state index contributed by atoms with van der Waals surface area (Å²) >= 11 is 0. The molecule has 0 aliphatic rings. The van der Waals surface area contributed by atoms with Crippen LogP contribution in [0.3, 0.4) is 0 Å². The average molecular weight is 414 g/mol. The molecular formula is C23H24F2N2O3. The van der Waals surface area contributed by atoms with Crippen LogP contribution in [0.1, 0.15) is 16.7 Å². The molecule has 0 N–H and O–H groups in total. The molecule has 0 spiro atoms. The van der Waals surface area contributed by atoms with Gasteiger partial charge in [0.25, 0.3) is 0 Å². The van der Waals surface area contributed by atoms with Gasteiger partial charge in [0.2, 0.25) is 5.75 Å². The van der Waals surface area contributed by atoms with Crippen molar-refractivity contribution in [1.82, 2.24) is 9.88 Å². The highest BCUT2D eigenvalue weighted by Crippen LogP contribution is 2.38. The average Bonchev–Trinajstić information content (AvgIpc) is 2.76. The van der Waals surface area contributed by atoms with E-state index in [2.05, 4.69) is 4.98 Å². The summed E-state index contributed by atoms with van der Waals surface area (Å²) in [6, 6.07) is 11.3. The van der Waals surface area contributed by atoms with Gasteiger partial charge < -0.3 is 14.2 Å². The van der Waals surface area contributed by atoms with Crippen molar-refractivity contribution in [2.24, 2.45) is 0 Å². The van der Waals surface area contributed by atoms with E-state index in [9.17, 15) is 8.78 Å². The van der Waals surface area contributed by atoms with Crippen molar-refractivity contribution in [1.29, 1.82) is 0 Å². The highest BCUT2D eigenvalue weighted by atomic mass is 19.1. The van der Waals surface area contributed by atoms with Gasteiger partial charge in [-0.15, -0.1) is 0 Å². The maximum absolute atomic E-state index is 14.3. The Balaban J connectivity index is 1.94. The number of pyridine rings is 1. The fourth-order valence-corrected chi connectivity index (χ4v) is 3.31. The fraction of sp³-hybridized carbons (Fsp3) is 0.261. The molecule has 158 valence electrons. The maximum atomic E-state index is 14.3. The first kappa shape index (κ1) is 21.5. The summed E-state index contributed by atoms with van der Waals surface area (Å²) in [5, 5.41) is 0. The Morgan fingerprint density at radius 1 is 0.767 bits per heavy atom. The Labute approximate surface area is 174 Å². The minimum atomic E-state index is -0.570. The molecule has 5 nitrogen and oxygen atoms in total. The van der Waals surface area contributed by atoms with E-state index < -0.39 is 11.6 Å². The van der Waals surface area contributed by atoms with Crippen LogP contribution in [0.15, 0.2) is 54.9 Å². The third kappa shape index (κ3) is 5.04. The molecule has 0 bridgehead atoms. The number of nitrogens with zero attached hydrogens (tertiary/aromatic N) is 2. The third-order valence-corrected chi connectivity index (χ3v) is 4.73. The number of hydrogen-bond donors (Lipinski definition) is 0. The highest BCUT2D eigenvalue weighted by Gasteiger charge is 2.18. The predicted molar refractivity (Wildman–Crippen MR) is 110 cm³/mol. The molecule has 2 aromatic carbocycles. The minimum Gasteiger partial charge on any atom is -0.493 e. The Kier molecular flexibility index (Phi) is 7.19. The van der Waals surface area contributed by atoms with Crippen LogP contribution in [-0.2, 0) is 19.6 Å². The number of hydrogen-bond acceptors (Lipinski definition) is 5. The van der Waals surface area contributed by atoms with Crippen LogP contribution in [0.25, 0.3) is 0 Å². The van der Waals surface area contributed by atoms with Crippen molar-refractivity contribution >= 4 is 0 Å². The van der Waals surface area contributed by atoms with Crippen molar-refractivity contribution in [2.75, 3.05) is 21.3 Å². The molecule has 0 amide bonds. The van der Waals surface area contributed by atoms with Gasteiger partial charge in [0.15, 0.2) is 11.5 Å². The molecule has 1 aromatic heterocycles. The van der Waals surface area contributed by atoms with Crippen LogP contribution in [-0.4, -0.2) is 31.2 Å². The van der Waals surface area contributed by atoms with Crippen molar-refractivity contribution < 1.29 is 23.0 Å². The molecule has 7 heteroatoms. The summed E-state index contributed by atoms with van der Waals surface area (Å²) in [5.74, 6) is 0.393. The Morgan fingerprint density at radius 3 is 1.87 bits per heavy atom. The number of ether oxygens (including phenoxy) is 3. The Hall–Kier alpha value is -3.19. The zero-order valence-corrected chi connectivity index (χ0v) is 17.2. The number of methoxy groups -OCH3 is 3. The van der Waals surface area contributed by atoms with Crippen LogP contribution in [0.4, 0.5) is 8.78 Å². The monoisotopic (exact) mass is 414 g/mol. The number of halogens is 2. The first-order valence-corrected chi connectivity index (χ1v) is 9.38. The summed E-state index contributed by atoms with van der Waals surface area (Å²) in [6.45, 7) is 0.983. The van der Waals surface area contributed by atoms with Gasteiger partial charge in [0.1, 0.15) is 11.6 Å². The molecule has 0 fully saturated rings. The second-order valence-electron chi connectivity index (χ2n) is 6.73. The molecule has 0 radical (unpaired) electrons. The minimum absolute atomic E-state index is 0.0268. The molecule has 0 aliphatic carbocycles. The Morgan fingerprint density at radius 2 is 1.33 bits per heavy atom. The molecule has 0 atom stereocenters. The van der Waals surface area contributed by atoms with Gasteiger partial charge in [-0.05, 0) is 47.5 Å². The quantitative estimate of drug-likeness (QED) is 0.513. The second kappa shape index (κ2) is 10.0. The molecule has 3 aromatic rings. The van der Waals surface area contributed by atoms with E-state index >= 15 is 0 Å². The van der Waals surface area contributed by atoms with Crippen LogP contribution >= 0.6 is 0 Å². The lowest BCUT2D eigenvalue weighted by Crippen LogP contribution is -2.24. The predicted octanol–water partition coefficient (Wildman–Crippen LogP) is 4.59. The van der Waals surface area contributed by atoms with Gasteiger partial charge in [0, 0.05) is 37.6 Å². The summed E-state index contributed by atoms with van der Waals surface area (Å²) in [4.78, 5) is 5.97. The molecule has 0 saturated heterocycles. The zero-order valence-electron chi connectivity index (χ0n) is 17.2. The van der Waals surface area contributed by atoms with Gasteiger partial charge in [0.05, 0.1) is 21.3 Å². The van der Waals surface area contributed by atoms with Crippen molar-refractivity contribution in [3.63, 3.8) is 0 Å². The van der Waals surface area contributed by atoms with E-state index in [0.717, 1.165) is 11.1 Å². The van der Waals surface area contributed by atoms with Crippen LogP contribution in [0.5, 0.6) is 17.2 Å². The molecule has 1 heterocycles. The standard InChI is InChI=1S/C23H24F2N2O3/c1-28-21-11-17(12-22(29-2)23(21)30-3)14-27(13-16-7-9-26-10-8-16)15-18-19(24)5-4-6-20(18)25/h4-12H,13-15H2,1-3H3. The largest absolute Gasteiger partial charge is 0.493 e. The van der Waals surface area contributed by atoms with Crippen LogP contribution in [0, 0.1) is 11.6 Å². The SMILES string of the molecule is COc1cc(CN(Cc2ccncc2)Cc2c(F)cccc2F)cc(OC)c1OC. The number of rotatable bonds is 9. The molecule has 3 rings (SSSR count). The summed E-state index contributed by atoms with van der Waals surface area (Å²) in [5.41, 5.74) is 1.86. The maximum Gasteiger partial charge on any atom is 0.203 e. The van der Waals surface area contributed by atoms with Crippen molar-refractivity contribution in [2.45, 2.75) is 19.6 Å². The van der Waals surface area contributed by atoms with Crippen molar-refractivity contribution in [3.05, 3.63) is 83.2 Å². The lowest BCUT2D eigenvalue weighted by atomic mass is 10.1. The number of aromatic nitrogens is 1. The van der Waals surface area contributed by atoms with Gasteiger partial charge >= 0.3 is 0 Å². The van der Waals surface area contributed by atoms with E-state index in [1.165, 1.54) is 25.3 Å². The summed E-state index contributed by atoms with van der Waals surface area (Å²) < 4.78 is 44.8. The van der Waals surface area contributed by atoms with Crippen LogP contribution in [0.2, 0.25) is 0 Å². The van der Waals surface area contributed by atoms with E-state index in [1.807, 2.05) is 29.2 Å². The molecule has 0 aliphatic heterocycles. The van der Waals surface area contributed by atoms with Gasteiger partial charge in [-0.2, -0.15) is 0 Å². The van der Waals surface area contributed by atoms with Crippen molar-refractivity contribution in [3.8, 4) is 17.2 Å². The third-order valence-electron chi connectivity index (χ3n) is 4.73. The lowest BCUT2D eigenvalue weighted by molar-refractivity contribution is 0.238. The first-order chi connectivity index (χ1) is 14.5. The van der Waals surface area contributed by atoms with Gasteiger partial charge in [-0.25, -0.2) is 8.78 Å². The second-order valence-corrected chi connectivity index (χ2v) is 6.73. The smallest absolute Gasteiger partial charge is 0.203 e. The van der Waals surface area contributed by atoms with E-state index in [4.69, 9.17) is 14.2 Å². The number of benzene rings is 2. The molecule has 0 unspecified atom stereocenters. The van der Waals surface area contributed by atoms with E-state index in [0.29, 0.717) is 30.3 Å². The fourth-order valence-electron chi connectivity index (χ4n) is 3.31. The molecule has 30 heavy (non-hydrogen) atoms. The van der Waals surface area contributed by atoms with Gasteiger partial charge in [-0.1, -0.05) is 6.07 Å². The lowest BCUT2D eigenvalue weighted by Gasteiger charge is -2.24. The summed E-state index contributed by atoms with van der Waals surface area (Å²) in [6.07, 6.45) is 3.38. The van der Waals surface area contributed by atoms with Gasteiger partial charge in [-0.3, -0.25) is 9.88 Å². The topological polar surface area (TPSA) is 43.8 Å². The Bertz CT molecular complexity index is 938. The molecular weight excluding hydrogens is 390 g/mol. The highest BCUT2D eigenvalue weighted by molar-refractivity contribution is 5.53. The van der Waals surface area contributed by atoms with E-state index in [1.54, 1.807) is 26.6 Å². The zero-order chi connectivity index (χ0) is 21.5. The van der Waals surface area contributed by atoms with E-state index in [-0.39, 0.29) is 12.1 Å². The van der Waals surface area contributed by atoms with Crippen LogP contribution < -0.4 is 14.2 Å². The normalized spacial score (nSPS) is 10.9. The first-order valence-electron chi connectivity index (χ1n) is 9.38.